The molecule has 12 N–H and O–H groups in total. The molecule has 1 aromatic carbocycles. The van der Waals surface area contributed by atoms with Gasteiger partial charge in [-0.15, -0.1) is 0 Å². The summed E-state index contributed by atoms with van der Waals surface area (Å²) in [6.45, 7) is 0.231. The van der Waals surface area contributed by atoms with Crippen molar-refractivity contribution in [3.8, 4) is 0 Å². The molecule has 1 atom stereocenters. The van der Waals surface area contributed by atoms with Gasteiger partial charge in [-0.3, -0.25) is 35.0 Å². The highest BCUT2D eigenvalue weighted by molar-refractivity contribution is 5.98. The second kappa shape index (κ2) is 14.5. The molecular formula is C25H27N11O7. The number of nitrogens with one attached hydrogen (secondary N) is 4. The van der Waals surface area contributed by atoms with E-state index < -0.39 is 35.4 Å². The molecular weight excluding hydrogens is 566 g/mol. The van der Waals surface area contributed by atoms with Crippen LogP contribution in [0.2, 0.25) is 0 Å². The number of pyridine rings is 1. The van der Waals surface area contributed by atoms with Crippen molar-refractivity contribution < 1.29 is 29.4 Å². The number of anilines is 3. The van der Waals surface area contributed by atoms with Crippen LogP contribution < -0.4 is 38.9 Å². The van der Waals surface area contributed by atoms with Crippen molar-refractivity contribution in [3.05, 3.63) is 76.1 Å². The van der Waals surface area contributed by atoms with Gasteiger partial charge in [0.15, 0.2) is 11.2 Å². The van der Waals surface area contributed by atoms with Crippen molar-refractivity contribution in [2.45, 2.75) is 25.4 Å². The van der Waals surface area contributed by atoms with E-state index in [-0.39, 0.29) is 47.6 Å². The fraction of sp³-hybridized carbons (Fsp3) is 0.160. The number of primary amides is 1. The molecule has 3 heterocycles. The van der Waals surface area contributed by atoms with Crippen LogP contribution in [0.15, 0.2) is 53.7 Å². The zero-order chi connectivity index (χ0) is 31.5. The highest BCUT2D eigenvalue weighted by atomic mass is 16.4. The minimum absolute atomic E-state index is 0.0524. The fourth-order valence-electron chi connectivity index (χ4n) is 3.47. The summed E-state index contributed by atoms with van der Waals surface area (Å²) in [7, 11) is 0. The van der Waals surface area contributed by atoms with Crippen molar-refractivity contribution in [2.24, 2.45) is 11.6 Å². The van der Waals surface area contributed by atoms with Gasteiger partial charge in [0.2, 0.25) is 5.95 Å². The number of carbonyl (C=O) groups is 4. The number of nitrogen functional groups attached to an aromatic ring is 2. The van der Waals surface area contributed by atoms with Gasteiger partial charge in [0.1, 0.15) is 6.04 Å². The average molecular weight is 594 g/mol. The number of nitrogens with two attached hydrogens (primary N) is 3. The van der Waals surface area contributed by atoms with E-state index in [4.69, 9.17) is 27.5 Å². The van der Waals surface area contributed by atoms with Crippen LogP contribution in [-0.4, -0.2) is 64.9 Å². The number of carboxylic acid groups (broad SMARTS) is 2. The summed E-state index contributed by atoms with van der Waals surface area (Å²) in [6, 6.07) is 6.43. The lowest BCUT2D eigenvalue weighted by atomic mass is 10.1. The molecule has 18 nitrogen and oxygen atoms in total. The number of benzene rings is 1. The molecule has 0 aliphatic heterocycles. The van der Waals surface area contributed by atoms with Crippen LogP contribution in [0.4, 0.5) is 17.3 Å². The van der Waals surface area contributed by atoms with Crippen LogP contribution in [-0.2, 0) is 16.1 Å². The number of aromatic amines is 1. The van der Waals surface area contributed by atoms with Gasteiger partial charge in [-0.05, 0) is 36.8 Å². The number of nitrogens with zero attached hydrogens (tertiary/aromatic N) is 4. The minimum atomic E-state index is -1.31. The third-order valence-electron chi connectivity index (χ3n) is 5.60. The first kappa shape index (κ1) is 31.4. The molecule has 4 aromatic rings. The average Bonchev–Trinajstić information content (AvgIpc) is 2.98. The lowest BCUT2D eigenvalue weighted by molar-refractivity contribution is -0.140. The van der Waals surface area contributed by atoms with Crippen LogP contribution in [0.25, 0.3) is 11.2 Å². The maximum Gasteiger partial charge on any atom is 0.326 e. The monoisotopic (exact) mass is 593 g/mol. The molecule has 0 saturated carbocycles. The van der Waals surface area contributed by atoms with Gasteiger partial charge in [0, 0.05) is 30.1 Å². The first-order valence-corrected chi connectivity index (χ1v) is 12.3. The quantitative estimate of drug-likeness (QED) is 0.0776. The second-order valence-corrected chi connectivity index (χ2v) is 8.64. The van der Waals surface area contributed by atoms with Crippen molar-refractivity contribution in [3.63, 3.8) is 0 Å². The number of hydrogen-bond acceptors (Lipinski definition) is 13. The Kier molecular flexibility index (Phi) is 10.5. The third kappa shape index (κ3) is 8.91. The molecule has 0 bridgehead atoms. The van der Waals surface area contributed by atoms with Crippen LogP contribution >= 0.6 is 0 Å². The van der Waals surface area contributed by atoms with Crippen LogP contribution in [0.1, 0.15) is 39.3 Å². The van der Waals surface area contributed by atoms with Crippen LogP contribution in [0, 0.1) is 0 Å². The number of aliphatic carboxylic acids is 2. The highest BCUT2D eigenvalue weighted by Crippen LogP contribution is 2.13. The van der Waals surface area contributed by atoms with Crippen molar-refractivity contribution in [1.82, 2.24) is 30.2 Å². The summed E-state index contributed by atoms with van der Waals surface area (Å²) in [5.74, 6) is 1.40. The second-order valence-electron chi connectivity index (χ2n) is 8.64. The minimum Gasteiger partial charge on any atom is -0.481 e. The Hall–Kier alpha value is -6.17. The number of carbonyl (C=O) groups excluding carboxylic acids is 2. The van der Waals surface area contributed by atoms with Gasteiger partial charge in [-0.25, -0.2) is 14.8 Å². The number of H-pyrrole nitrogens is 1. The van der Waals surface area contributed by atoms with E-state index in [1.165, 1.54) is 30.7 Å². The lowest BCUT2D eigenvalue weighted by Gasteiger charge is -2.14. The van der Waals surface area contributed by atoms with E-state index in [9.17, 15) is 24.0 Å². The zero-order valence-electron chi connectivity index (χ0n) is 22.3. The molecule has 0 fully saturated rings. The van der Waals surface area contributed by atoms with E-state index in [1.54, 1.807) is 18.2 Å². The predicted molar refractivity (Wildman–Crippen MR) is 152 cm³/mol. The Morgan fingerprint density at radius 2 is 1.74 bits per heavy atom. The van der Waals surface area contributed by atoms with Crippen molar-refractivity contribution in [2.75, 3.05) is 16.5 Å². The topological polar surface area (TPSA) is 307 Å². The van der Waals surface area contributed by atoms with Gasteiger partial charge < -0.3 is 37.7 Å². The SMILES string of the molecule is NNc1ccncc1C(N)=O.Nc1nc2ncc(CNc3ccc(C(=O)NC(CCC(=O)O)C(=O)O)cc3)nc2c(=O)[nH]1. The summed E-state index contributed by atoms with van der Waals surface area (Å²) < 4.78 is 0. The third-order valence-corrected chi connectivity index (χ3v) is 5.60. The van der Waals surface area contributed by atoms with Crippen LogP contribution in [0.3, 0.4) is 0 Å². The Morgan fingerprint density at radius 3 is 2.35 bits per heavy atom. The fourth-order valence-corrected chi connectivity index (χ4v) is 3.47. The van der Waals surface area contributed by atoms with Gasteiger partial charge >= 0.3 is 11.9 Å². The Morgan fingerprint density at radius 1 is 1.02 bits per heavy atom. The normalized spacial score (nSPS) is 11.0. The number of rotatable bonds is 11. The number of hydrazine groups is 1. The molecule has 0 saturated heterocycles. The summed E-state index contributed by atoms with van der Waals surface area (Å²) in [4.78, 5) is 74.9. The summed E-state index contributed by atoms with van der Waals surface area (Å²) in [5, 5.41) is 23.2. The number of hydrogen-bond donors (Lipinski definition) is 9. The number of carboxylic acids is 2. The number of aromatic nitrogens is 5. The summed E-state index contributed by atoms with van der Waals surface area (Å²) in [5.41, 5.74) is 14.6. The largest absolute Gasteiger partial charge is 0.481 e. The standard InChI is InChI=1S/C19H19N7O6.C6H8N4O/c20-19-25-15-14(17(30)26-19)23-11(8-22-15)7-21-10-3-1-9(2-4-10)16(29)24-12(18(31)32)5-6-13(27)28;7-6(11)4-3-9-2-1-5(4)10-8/h1-4,8,12,21H,5-7H2,(H,24,29)(H,27,28)(H,31,32)(H3,20,22,25,26,30);1-3H,8H2,(H2,7,11)(H,9,10). The maximum atomic E-state index is 12.3. The smallest absolute Gasteiger partial charge is 0.326 e. The van der Waals surface area contributed by atoms with Crippen molar-refractivity contribution in [1.29, 1.82) is 0 Å². The molecule has 3 aromatic heterocycles. The van der Waals surface area contributed by atoms with Crippen molar-refractivity contribution >= 4 is 52.2 Å². The Labute approximate surface area is 241 Å². The molecule has 2 amide bonds. The molecule has 18 heteroatoms. The van der Waals surface area contributed by atoms with Gasteiger partial charge in [-0.2, -0.15) is 4.98 Å². The number of fused-ring (bicyclic) bond motifs is 1. The lowest BCUT2D eigenvalue weighted by Crippen LogP contribution is -2.41. The van der Waals surface area contributed by atoms with E-state index in [0.29, 0.717) is 17.1 Å². The molecule has 4 rings (SSSR count). The Bertz CT molecular complexity index is 1690. The molecule has 224 valence electrons. The van der Waals surface area contributed by atoms with Gasteiger partial charge in [-0.1, -0.05) is 0 Å². The van der Waals surface area contributed by atoms with Gasteiger partial charge in [0.25, 0.3) is 17.4 Å². The summed E-state index contributed by atoms with van der Waals surface area (Å²) in [6.07, 6.45) is 3.71. The zero-order valence-corrected chi connectivity index (χ0v) is 22.3. The number of amides is 2. The van der Waals surface area contributed by atoms with Crippen LogP contribution in [0.5, 0.6) is 0 Å². The molecule has 0 radical (unpaired) electrons. The maximum absolute atomic E-state index is 12.3. The molecule has 43 heavy (non-hydrogen) atoms. The molecule has 0 spiro atoms. The molecule has 0 aliphatic carbocycles. The highest BCUT2D eigenvalue weighted by Gasteiger charge is 2.21. The first-order valence-electron chi connectivity index (χ1n) is 12.3. The van der Waals surface area contributed by atoms with Gasteiger partial charge in [0.05, 0.1) is 29.7 Å². The first-order chi connectivity index (χ1) is 20.5. The van der Waals surface area contributed by atoms with E-state index >= 15 is 0 Å². The predicted octanol–water partition coefficient (Wildman–Crippen LogP) is -0.579. The summed E-state index contributed by atoms with van der Waals surface area (Å²) >= 11 is 0. The van der Waals surface area contributed by atoms with E-state index in [0.717, 1.165) is 0 Å². The Balaban J connectivity index is 0.000000386. The molecule has 0 aliphatic rings. The molecule has 1 unspecified atom stereocenters. The van der Waals surface area contributed by atoms with E-state index in [2.05, 4.69) is 41.0 Å². The van der Waals surface area contributed by atoms with E-state index in [1.807, 2.05) is 0 Å².